The van der Waals surface area contributed by atoms with Crippen molar-refractivity contribution >= 4 is 22.7 Å². The Morgan fingerprint density at radius 1 is 0.920 bits per heavy atom. The van der Waals surface area contributed by atoms with Gasteiger partial charge in [-0.05, 0) is 19.8 Å². The summed E-state index contributed by atoms with van der Waals surface area (Å²) in [5.74, 6) is 0.661. The average Bonchev–Trinajstić information content (AvgIpc) is 2.63. The summed E-state index contributed by atoms with van der Waals surface area (Å²) in [5, 5.41) is 1.60. The fourth-order valence-electron chi connectivity index (χ4n) is 3.11. The van der Waals surface area contributed by atoms with Crippen LogP contribution in [0, 0.1) is 0 Å². The first-order valence-electron chi connectivity index (χ1n) is 8.68. The Balaban J connectivity index is 2.29. The van der Waals surface area contributed by atoms with E-state index in [-0.39, 0.29) is 11.9 Å². The summed E-state index contributed by atoms with van der Waals surface area (Å²) in [5.41, 5.74) is 3.09. The number of ether oxygens (including phenoxy) is 2. The van der Waals surface area contributed by atoms with Gasteiger partial charge in [0, 0.05) is 34.7 Å². The van der Waals surface area contributed by atoms with Gasteiger partial charge < -0.3 is 9.47 Å². The molecule has 25 heavy (non-hydrogen) atoms. The summed E-state index contributed by atoms with van der Waals surface area (Å²) < 4.78 is 11.4. The first kappa shape index (κ1) is 17.2. The van der Waals surface area contributed by atoms with Crippen LogP contribution < -0.4 is 9.47 Å². The molecular formula is C21H22O4. The van der Waals surface area contributed by atoms with E-state index < -0.39 is 0 Å². The van der Waals surface area contributed by atoms with E-state index in [4.69, 9.17) is 9.47 Å². The molecule has 0 unspecified atom stereocenters. The van der Waals surface area contributed by atoms with Crippen LogP contribution in [0.3, 0.4) is 0 Å². The highest BCUT2D eigenvalue weighted by atomic mass is 16.5. The maximum Gasteiger partial charge on any atom is 0.310 e. The number of hydrogen-bond donors (Lipinski definition) is 0. The first-order chi connectivity index (χ1) is 12.0. The summed E-state index contributed by atoms with van der Waals surface area (Å²) in [6.45, 7) is 5.61. The van der Waals surface area contributed by atoms with Crippen LogP contribution in [-0.2, 0) is 22.4 Å². The number of rotatable bonds is 4. The summed E-state index contributed by atoms with van der Waals surface area (Å²) in [4.78, 5) is 23.9. The summed E-state index contributed by atoms with van der Waals surface area (Å²) in [6, 6.07) is 7.61. The van der Waals surface area contributed by atoms with Gasteiger partial charge in [-0.3, -0.25) is 9.59 Å². The van der Waals surface area contributed by atoms with Gasteiger partial charge in [0.05, 0.1) is 0 Å². The molecule has 0 radical (unpaired) electrons. The molecule has 0 amide bonds. The zero-order chi connectivity index (χ0) is 18.0. The highest BCUT2D eigenvalue weighted by molar-refractivity contribution is 5.99. The van der Waals surface area contributed by atoms with Crippen molar-refractivity contribution < 1.29 is 19.1 Å². The van der Waals surface area contributed by atoms with Gasteiger partial charge in [-0.1, -0.05) is 49.8 Å². The van der Waals surface area contributed by atoms with Crippen LogP contribution in [-0.4, -0.2) is 11.9 Å². The summed E-state index contributed by atoms with van der Waals surface area (Å²) >= 11 is 0. The second-order valence-electron chi connectivity index (χ2n) is 6.25. The van der Waals surface area contributed by atoms with E-state index in [1.807, 2.05) is 24.3 Å². The normalized spacial score (nSPS) is 13.2. The van der Waals surface area contributed by atoms with E-state index in [0.29, 0.717) is 37.2 Å². The van der Waals surface area contributed by atoms with E-state index in [1.54, 1.807) is 13.8 Å². The lowest BCUT2D eigenvalue weighted by Crippen LogP contribution is -2.15. The topological polar surface area (TPSA) is 52.6 Å². The van der Waals surface area contributed by atoms with Crippen molar-refractivity contribution in [2.24, 2.45) is 0 Å². The predicted molar refractivity (Wildman–Crippen MR) is 97.0 cm³/mol. The lowest BCUT2D eigenvalue weighted by atomic mass is 9.87. The third-order valence-electron chi connectivity index (χ3n) is 4.45. The first-order valence-corrected chi connectivity index (χ1v) is 8.68. The molecule has 3 rings (SSSR count). The Morgan fingerprint density at radius 3 is 1.96 bits per heavy atom. The van der Waals surface area contributed by atoms with Crippen molar-refractivity contribution in [2.45, 2.75) is 46.5 Å². The third-order valence-corrected chi connectivity index (χ3v) is 4.45. The van der Waals surface area contributed by atoms with Crippen molar-refractivity contribution in [3.63, 3.8) is 0 Å². The molecule has 0 fully saturated rings. The molecule has 0 aliphatic heterocycles. The zero-order valence-corrected chi connectivity index (χ0v) is 14.8. The van der Waals surface area contributed by atoms with Gasteiger partial charge >= 0.3 is 11.9 Å². The van der Waals surface area contributed by atoms with Crippen LogP contribution in [0.1, 0.15) is 44.7 Å². The monoisotopic (exact) mass is 338 g/mol. The van der Waals surface area contributed by atoms with Gasteiger partial charge in [-0.25, -0.2) is 0 Å². The maximum atomic E-state index is 12.0. The van der Waals surface area contributed by atoms with Gasteiger partial charge in [0.1, 0.15) is 11.5 Å². The maximum absolute atomic E-state index is 12.0. The number of benzene rings is 2. The number of carbonyl (C=O) groups is 2. The van der Waals surface area contributed by atoms with Gasteiger partial charge in [-0.15, -0.1) is 0 Å². The standard InChI is InChI=1S/C21H22O4/c1-4-18(22)24-20-14-8-6-7-9-15(14)21(25-19(23)5-2)17-12-13(3)10-11-16(17)20/h6-10H,4-5,11-12H2,1-3H3. The summed E-state index contributed by atoms with van der Waals surface area (Å²) in [7, 11) is 0. The number of fused-ring (bicyclic) bond motifs is 2. The lowest BCUT2D eigenvalue weighted by molar-refractivity contribution is -0.135. The highest BCUT2D eigenvalue weighted by Gasteiger charge is 2.25. The Bertz CT molecular complexity index is 877. The van der Waals surface area contributed by atoms with Crippen molar-refractivity contribution in [3.8, 4) is 11.5 Å². The minimum Gasteiger partial charge on any atom is -0.426 e. The van der Waals surface area contributed by atoms with E-state index in [1.165, 1.54) is 5.57 Å². The average molecular weight is 338 g/mol. The van der Waals surface area contributed by atoms with Gasteiger partial charge in [-0.2, -0.15) is 0 Å². The molecule has 0 atom stereocenters. The number of allylic oxidation sites excluding steroid dienone is 2. The molecule has 130 valence electrons. The van der Waals surface area contributed by atoms with Crippen LogP contribution in [0.15, 0.2) is 35.9 Å². The Morgan fingerprint density at radius 2 is 1.44 bits per heavy atom. The van der Waals surface area contributed by atoms with E-state index in [2.05, 4.69) is 13.0 Å². The fraction of sp³-hybridized carbons (Fsp3) is 0.333. The molecule has 0 spiro atoms. The van der Waals surface area contributed by atoms with Crippen LogP contribution in [0.2, 0.25) is 0 Å². The van der Waals surface area contributed by atoms with Crippen molar-refractivity contribution in [2.75, 3.05) is 0 Å². The van der Waals surface area contributed by atoms with Crippen molar-refractivity contribution in [1.29, 1.82) is 0 Å². The molecule has 4 nitrogen and oxygen atoms in total. The van der Waals surface area contributed by atoms with Gasteiger partial charge in [0.15, 0.2) is 0 Å². The summed E-state index contributed by atoms with van der Waals surface area (Å²) in [6.07, 6.45) is 4.10. The SMILES string of the molecule is CCC(=O)Oc1c2c(c(OC(=O)CC)c3ccccc13)CC(C)=CC2. The predicted octanol–water partition coefficient (Wildman–Crippen LogP) is 4.52. The lowest BCUT2D eigenvalue weighted by Gasteiger charge is -2.23. The Hall–Kier alpha value is -2.62. The molecule has 0 aromatic heterocycles. The molecule has 0 saturated heterocycles. The van der Waals surface area contributed by atoms with Gasteiger partial charge in [0.2, 0.25) is 0 Å². The fourth-order valence-corrected chi connectivity index (χ4v) is 3.11. The third kappa shape index (κ3) is 3.29. The number of esters is 2. The molecular weight excluding hydrogens is 316 g/mol. The van der Waals surface area contributed by atoms with Crippen LogP contribution in [0.4, 0.5) is 0 Å². The number of carbonyl (C=O) groups excluding carboxylic acids is 2. The molecule has 0 heterocycles. The quantitative estimate of drug-likeness (QED) is 0.467. The number of hydrogen-bond acceptors (Lipinski definition) is 4. The van der Waals surface area contributed by atoms with E-state index in [0.717, 1.165) is 21.9 Å². The second kappa shape index (κ2) is 7.09. The van der Waals surface area contributed by atoms with Crippen LogP contribution >= 0.6 is 0 Å². The molecule has 2 aromatic rings. The smallest absolute Gasteiger partial charge is 0.310 e. The molecule has 1 aliphatic carbocycles. The minimum absolute atomic E-state index is 0.266. The molecule has 4 heteroatoms. The van der Waals surface area contributed by atoms with Gasteiger partial charge in [0.25, 0.3) is 0 Å². The van der Waals surface area contributed by atoms with E-state index >= 15 is 0 Å². The molecule has 0 N–H and O–H groups in total. The van der Waals surface area contributed by atoms with Crippen molar-refractivity contribution in [3.05, 3.63) is 47.0 Å². The highest BCUT2D eigenvalue weighted by Crippen LogP contribution is 2.44. The molecule has 2 aromatic carbocycles. The largest absolute Gasteiger partial charge is 0.426 e. The van der Waals surface area contributed by atoms with Crippen LogP contribution in [0.25, 0.3) is 10.8 Å². The second-order valence-corrected chi connectivity index (χ2v) is 6.25. The molecule has 0 saturated carbocycles. The Kier molecular flexibility index (Phi) is 4.88. The van der Waals surface area contributed by atoms with Crippen LogP contribution in [0.5, 0.6) is 11.5 Å². The van der Waals surface area contributed by atoms with Crippen molar-refractivity contribution in [1.82, 2.24) is 0 Å². The molecule has 1 aliphatic rings. The molecule has 0 bridgehead atoms. The zero-order valence-electron chi connectivity index (χ0n) is 14.8. The Labute approximate surface area is 147 Å². The minimum atomic E-state index is -0.267. The van der Waals surface area contributed by atoms with E-state index in [9.17, 15) is 9.59 Å².